The van der Waals surface area contributed by atoms with Crippen LogP contribution in [0.3, 0.4) is 0 Å². The molecule has 0 radical (unpaired) electrons. The lowest BCUT2D eigenvalue weighted by Gasteiger charge is -2.20. The molecule has 0 aromatic carbocycles. The van der Waals surface area contributed by atoms with Crippen molar-refractivity contribution in [2.75, 3.05) is 0 Å². The molecule has 0 nitrogen and oxygen atoms in total. The molecule has 0 bridgehead atoms. The van der Waals surface area contributed by atoms with Gasteiger partial charge in [-0.05, 0) is 38.0 Å². The Morgan fingerprint density at radius 3 is 2.47 bits per heavy atom. The quantitative estimate of drug-likeness (QED) is 0.212. The molecule has 0 N–H and O–H groups in total. The first-order chi connectivity index (χ1) is 9.10. The van der Waals surface area contributed by atoms with Gasteiger partial charge in [-0.1, -0.05) is 40.0 Å². The van der Waals surface area contributed by atoms with Crippen molar-refractivity contribution in [2.45, 2.75) is 66.7 Å². The first-order valence-electron chi connectivity index (χ1n) is 7.70. The number of hydrogen-bond acceptors (Lipinski definition) is 0. The highest BCUT2D eigenvalue weighted by molar-refractivity contribution is 4.96. The van der Waals surface area contributed by atoms with E-state index in [2.05, 4.69) is 44.8 Å². The van der Waals surface area contributed by atoms with E-state index in [0.717, 1.165) is 18.3 Å². The van der Waals surface area contributed by atoms with Crippen LogP contribution in [0.15, 0.2) is 18.2 Å². The smallest absolute Gasteiger partial charge is 0.00886 e. The van der Waals surface area contributed by atoms with Crippen LogP contribution in [0.2, 0.25) is 0 Å². The fourth-order valence-electron chi connectivity index (χ4n) is 2.59. The zero-order valence-electron chi connectivity index (χ0n) is 13.5. The van der Waals surface area contributed by atoms with Gasteiger partial charge in [0, 0.05) is 6.42 Å². The summed E-state index contributed by atoms with van der Waals surface area (Å²) in [6.45, 7) is 11.0. The summed E-state index contributed by atoms with van der Waals surface area (Å²) in [5.41, 5.74) is 0. The molecule has 108 valence electrons. The van der Waals surface area contributed by atoms with E-state index in [-0.39, 0.29) is 0 Å². The minimum Gasteiger partial charge on any atom is -0.255 e. The van der Waals surface area contributed by atoms with Gasteiger partial charge >= 0.3 is 0 Å². The van der Waals surface area contributed by atoms with Crippen molar-refractivity contribution in [3.8, 4) is 11.8 Å². The van der Waals surface area contributed by atoms with E-state index in [0.29, 0.717) is 5.92 Å². The van der Waals surface area contributed by atoms with E-state index >= 15 is 0 Å². The summed E-state index contributed by atoms with van der Waals surface area (Å²) in [6.07, 6.45) is 15.6. The first kappa shape index (κ1) is 18.0. The molecule has 3 unspecified atom stereocenters. The fourth-order valence-corrected chi connectivity index (χ4v) is 2.59. The molecular weight excluding hydrogens is 228 g/mol. The highest BCUT2D eigenvalue weighted by Crippen LogP contribution is 2.23. The minimum absolute atomic E-state index is 0.653. The predicted octanol–water partition coefficient (Wildman–Crippen LogP) is 5.80. The SMILES string of the molecule is CC#CCCCC(C)CC(C)CC(C)/C=C\[C-]=CC. The molecular formula is C19H31-. The van der Waals surface area contributed by atoms with Gasteiger partial charge in [0.1, 0.15) is 0 Å². The highest BCUT2D eigenvalue weighted by Gasteiger charge is 2.09. The maximum absolute atomic E-state index is 3.15. The van der Waals surface area contributed by atoms with Crippen molar-refractivity contribution in [3.63, 3.8) is 0 Å². The Morgan fingerprint density at radius 1 is 1.11 bits per heavy atom. The maximum Gasteiger partial charge on any atom is 0.00886 e. The van der Waals surface area contributed by atoms with Crippen LogP contribution in [-0.2, 0) is 0 Å². The average molecular weight is 259 g/mol. The second kappa shape index (κ2) is 12.1. The number of unbranched alkanes of at least 4 members (excludes halogenated alkanes) is 1. The van der Waals surface area contributed by atoms with Gasteiger partial charge in [-0.2, -0.15) is 6.08 Å². The molecule has 0 aliphatic heterocycles. The molecule has 3 atom stereocenters. The van der Waals surface area contributed by atoms with Crippen LogP contribution in [-0.4, -0.2) is 0 Å². The van der Waals surface area contributed by atoms with Crippen molar-refractivity contribution in [1.29, 1.82) is 0 Å². The molecule has 0 rings (SSSR count). The van der Waals surface area contributed by atoms with Gasteiger partial charge < -0.3 is 0 Å². The van der Waals surface area contributed by atoms with Crippen LogP contribution in [0.5, 0.6) is 0 Å². The molecule has 0 amide bonds. The van der Waals surface area contributed by atoms with Crippen LogP contribution in [0.1, 0.15) is 66.7 Å². The summed E-state index contributed by atoms with van der Waals surface area (Å²) in [5, 5.41) is 0. The topological polar surface area (TPSA) is 0 Å². The van der Waals surface area contributed by atoms with Gasteiger partial charge in [0.15, 0.2) is 0 Å². The molecule has 0 aliphatic rings. The van der Waals surface area contributed by atoms with Gasteiger partial charge in [-0.3, -0.25) is 6.08 Å². The van der Waals surface area contributed by atoms with Crippen molar-refractivity contribution >= 4 is 0 Å². The van der Waals surface area contributed by atoms with Gasteiger partial charge in [0.2, 0.25) is 0 Å². The molecule has 0 spiro atoms. The molecule has 0 saturated carbocycles. The van der Waals surface area contributed by atoms with Crippen LogP contribution in [0.25, 0.3) is 0 Å². The molecule has 0 saturated heterocycles. The zero-order valence-corrected chi connectivity index (χ0v) is 13.5. The standard InChI is InChI=1S/C19H31/c1-6-8-10-12-14-18(4)16-19(5)15-17(3)13-11-9-7-2/h7,11,13,17-19H,10,12,14-16H2,1-5H3/q-1/b13-11-. The summed E-state index contributed by atoms with van der Waals surface area (Å²) in [7, 11) is 0. The first-order valence-corrected chi connectivity index (χ1v) is 7.70. The molecule has 0 aromatic heterocycles. The van der Waals surface area contributed by atoms with Crippen molar-refractivity contribution in [2.24, 2.45) is 17.8 Å². The summed E-state index contributed by atoms with van der Waals surface area (Å²) < 4.78 is 0. The Labute approximate surface area is 121 Å². The van der Waals surface area contributed by atoms with E-state index < -0.39 is 0 Å². The van der Waals surface area contributed by atoms with Crippen LogP contribution >= 0.6 is 0 Å². The van der Waals surface area contributed by atoms with Crippen molar-refractivity contribution in [1.82, 2.24) is 0 Å². The number of hydrogen-bond donors (Lipinski definition) is 0. The summed E-state index contributed by atoms with van der Waals surface area (Å²) >= 11 is 0. The zero-order chi connectivity index (χ0) is 14.5. The second-order valence-corrected chi connectivity index (χ2v) is 5.79. The average Bonchev–Trinajstić information content (AvgIpc) is 2.34. The Balaban J connectivity index is 3.81. The Morgan fingerprint density at radius 2 is 1.84 bits per heavy atom. The Kier molecular flexibility index (Phi) is 11.5. The molecule has 0 aliphatic carbocycles. The van der Waals surface area contributed by atoms with Crippen LogP contribution in [0, 0.1) is 35.7 Å². The molecule has 0 fully saturated rings. The third-order valence-electron chi connectivity index (χ3n) is 3.44. The van der Waals surface area contributed by atoms with E-state index in [4.69, 9.17) is 0 Å². The highest BCUT2D eigenvalue weighted by atomic mass is 14.2. The number of rotatable bonds is 9. The number of allylic oxidation sites excluding steroid dienone is 4. The lowest BCUT2D eigenvalue weighted by Crippen LogP contribution is -2.06. The summed E-state index contributed by atoms with van der Waals surface area (Å²) in [6, 6.07) is 0. The van der Waals surface area contributed by atoms with Crippen molar-refractivity contribution < 1.29 is 0 Å². The van der Waals surface area contributed by atoms with Gasteiger partial charge in [0.05, 0.1) is 0 Å². The molecule has 0 heteroatoms. The fraction of sp³-hybridized carbons (Fsp3) is 0.684. The van der Waals surface area contributed by atoms with E-state index in [9.17, 15) is 0 Å². The van der Waals surface area contributed by atoms with Crippen LogP contribution in [0.4, 0.5) is 0 Å². The normalized spacial score (nSPS) is 16.3. The van der Waals surface area contributed by atoms with E-state index in [1.165, 1.54) is 25.7 Å². The maximum atomic E-state index is 3.15. The molecule has 0 heterocycles. The van der Waals surface area contributed by atoms with Crippen LogP contribution < -0.4 is 0 Å². The van der Waals surface area contributed by atoms with Gasteiger partial charge in [0.25, 0.3) is 0 Å². The Bertz CT molecular complexity index is 311. The third-order valence-corrected chi connectivity index (χ3v) is 3.44. The molecule has 0 aromatic rings. The monoisotopic (exact) mass is 259 g/mol. The summed E-state index contributed by atoms with van der Waals surface area (Å²) in [4.78, 5) is 0. The predicted molar refractivity (Wildman–Crippen MR) is 86.7 cm³/mol. The summed E-state index contributed by atoms with van der Waals surface area (Å²) in [5.74, 6) is 8.40. The lowest BCUT2D eigenvalue weighted by atomic mass is 9.87. The van der Waals surface area contributed by atoms with Gasteiger partial charge in [-0.15, -0.1) is 11.8 Å². The van der Waals surface area contributed by atoms with Crippen molar-refractivity contribution in [3.05, 3.63) is 24.3 Å². The van der Waals surface area contributed by atoms with E-state index in [1.807, 2.05) is 26.0 Å². The Hall–Kier alpha value is -0.960. The molecule has 19 heavy (non-hydrogen) atoms. The third kappa shape index (κ3) is 11.8. The second-order valence-electron chi connectivity index (χ2n) is 5.79. The van der Waals surface area contributed by atoms with Gasteiger partial charge in [-0.25, -0.2) is 12.2 Å². The largest absolute Gasteiger partial charge is 0.255 e. The lowest BCUT2D eigenvalue weighted by molar-refractivity contribution is 0.351. The van der Waals surface area contributed by atoms with E-state index in [1.54, 1.807) is 0 Å². The minimum atomic E-state index is 0.653.